The molecule has 4 nitrogen and oxygen atoms in total. The first kappa shape index (κ1) is 32.3. The lowest BCUT2D eigenvalue weighted by Gasteiger charge is -2.21. The Morgan fingerprint density at radius 2 is 0.667 bits per heavy atom. The van der Waals surface area contributed by atoms with Gasteiger partial charge >= 0.3 is 30.9 Å². The van der Waals surface area contributed by atoms with Gasteiger partial charge in [-0.25, -0.2) is 0 Å². The monoisotopic (exact) mass is 632 g/mol. The smallest absolute Gasteiger partial charge is 0.421 e. The van der Waals surface area contributed by atoms with Gasteiger partial charge in [-0.1, -0.05) is 0 Å². The molecule has 0 aliphatic heterocycles. The van der Waals surface area contributed by atoms with E-state index in [1.807, 2.05) is 0 Å². The molecule has 0 amide bonds. The van der Waals surface area contributed by atoms with Gasteiger partial charge in [-0.05, 0) is 36.4 Å². The number of anilines is 2. The van der Waals surface area contributed by atoms with Crippen molar-refractivity contribution in [2.45, 2.75) is 30.9 Å². The van der Waals surface area contributed by atoms with Crippen LogP contribution < -0.4 is 20.9 Å². The third-order valence-corrected chi connectivity index (χ3v) is 5.15. The number of benzene rings is 3. The lowest BCUT2D eigenvalue weighted by Crippen LogP contribution is -2.15. The van der Waals surface area contributed by atoms with E-state index in [-0.39, 0.29) is 42.5 Å². The van der Waals surface area contributed by atoms with E-state index in [1.165, 1.54) is 0 Å². The van der Waals surface area contributed by atoms with E-state index in [9.17, 15) is 65.9 Å². The van der Waals surface area contributed by atoms with E-state index >= 15 is 0 Å². The van der Waals surface area contributed by atoms with Gasteiger partial charge in [0.15, 0.2) is 0 Å². The van der Waals surface area contributed by atoms with Gasteiger partial charge in [-0.15, -0.1) is 0 Å². The molecule has 0 aliphatic rings. The molecule has 3 aromatic rings. The predicted octanol–water partition coefficient (Wildman–Crippen LogP) is 9.53. The first-order valence-electron chi connectivity index (χ1n) is 10.5. The van der Waals surface area contributed by atoms with Gasteiger partial charge in [0.1, 0.15) is 34.1 Å². The molecule has 42 heavy (non-hydrogen) atoms. The van der Waals surface area contributed by atoms with Gasteiger partial charge in [0, 0.05) is 17.4 Å². The van der Waals surface area contributed by atoms with Crippen molar-refractivity contribution in [3.63, 3.8) is 0 Å². The van der Waals surface area contributed by atoms with Crippen molar-refractivity contribution in [1.29, 1.82) is 0 Å². The zero-order valence-electron chi connectivity index (χ0n) is 19.7. The molecule has 0 saturated heterocycles. The maximum atomic E-state index is 13.5. The minimum Gasteiger partial charge on any atom is -0.456 e. The van der Waals surface area contributed by atoms with Crippen molar-refractivity contribution in [3.8, 4) is 23.0 Å². The summed E-state index contributed by atoms with van der Waals surface area (Å²) in [4.78, 5) is 0. The summed E-state index contributed by atoms with van der Waals surface area (Å²) in [5.74, 6) is -6.28. The molecule has 0 aromatic heterocycles. The number of hydrogen-bond donors (Lipinski definition) is 2. The summed E-state index contributed by atoms with van der Waals surface area (Å²) in [7, 11) is 0. The highest BCUT2D eigenvalue weighted by atomic mass is 19.4. The number of hydrogen-bond acceptors (Lipinski definition) is 4. The second-order valence-corrected chi connectivity index (χ2v) is 8.26. The molecule has 3 rings (SSSR count). The zero-order chi connectivity index (χ0) is 32.2. The van der Waals surface area contributed by atoms with Crippen molar-refractivity contribution < 1.29 is 75.3 Å². The molecule has 0 aliphatic carbocycles. The van der Waals surface area contributed by atoms with E-state index in [0.717, 1.165) is 0 Å². The molecule has 19 heteroatoms. The van der Waals surface area contributed by atoms with Gasteiger partial charge in [0.05, 0.1) is 16.7 Å². The Morgan fingerprint density at radius 1 is 0.381 bits per heavy atom. The highest BCUT2D eigenvalue weighted by Crippen LogP contribution is 2.48. The number of halogens is 15. The fraction of sp³-hybridized carbons (Fsp3) is 0.217. The highest BCUT2D eigenvalue weighted by molar-refractivity contribution is 5.61. The van der Waals surface area contributed by atoms with Crippen molar-refractivity contribution in [1.82, 2.24) is 0 Å². The van der Waals surface area contributed by atoms with E-state index < -0.39 is 93.1 Å². The molecule has 0 atom stereocenters. The van der Waals surface area contributed by atoms with Crippen LogP contribution in [-0.2, 0) is 30.9 Å². The summed E-state index contributed by atoms with van der Waals surface area (Å²) in [5.41, 5.74) is -2.55. The summed E-state index contributed by atoms with van der Waals surface area (Å²) in [6.07, 6.45) is -27.1. The second-order valence-electron chi connectivity index (χ2n) is 8.26. The van der Waals surface area contributed by atoms with Gasteiger partial charge in [-0.3, -0.25) is 0 Å². The molecule has 0 heterocycles. The fourth-order valence-corrected chi connectivity index (χ4v) is 3.48. The Bertz CT molecular complexity index is 1380. The third kappa shape index (κ3) is 7.17. The van der Waals surface area contributed by atoms with Gasteiger partial charge < -0.3 is 20.9 Å². The molecule has 0 spiro atoms. The Balaban J connectivity index is 2.25. The highest BCUT2D eigenvalue weighted by Gasteiger charge is 2.42. The summed E-state index contributed by atoms with van der Waals surface area (Å²) in [6, 6.07) is -0.712. The molecule has 0 fully saturated rings. The SMILES string of the molecule is Nc1cc(C(F)(F)F)cc(Oc2cc(Oc3cc(C(F)(F)F)cc(N)c3C(F)(F)F)cc(C(F)(F)F)c2)c1C(F)(F)F. The van der Waals surface area contributed by atoms with E-state index in [1.54, 1.807) is 0 Å². The topological polar surface area (TPSA) is 70.5 Å². The molecule has 3 aromatic carbocycles. The van der Waals surface area contributed by atoms with Crippen LogP contribution in [0.2, 0.25) is 0 Å². The Hall–Kier alpha value is -4.19. The average molecular weight is 632 g/mol. The van der Waals surface area contributed by atoms with Crippen molar-refractivity contribution in [3.05, 3.63) is 70.3 Å². The van der Waals surface area contributed by atoms with Crippen LogP contribution in [0.1, 0.15) is 27.8 Å². The average Bonchev–Trinajstić information content (AvgIpc) is 2.74. The van der Waals surface area contributed by atoms with Gasteiger partial charge in [0.2, 0.25) is 0 Å². The maximum absolute atomic E-state index is 13.5. The van der Waals surface area contributed by atoms with E-state index in [0.29, 0.717) is 0 Å². The lowest BCUT2D eigenvalue weighted by molar-refractivity contribution is -0.141. The van der Waals surface area contributed by atoms with E-state index in [4.69, 9.17) is 11.5 Å². The molecule has 0 bridgehead atoms. The number of nitrogens with two attached hydrogens (primary N) is 2. The van der Waals surface area contributed by atoms with Crippen LogP contribution in [0.15, 0.2) is 42.5 Å². The van der Waals surface area contributed by atoms with E-state index in [2.05, 4.69) is 9.47 Å². The standard InChI is InChI=1S/C23H11F15N2O2/c24-19(25,26)8-1-11(41-15-5-9(20(27,28)29)3-13(39)17(15)22(33,34)35)7-12(2-8)42-16-6-10(21(30,31)32)4-14(40)18(16)23(36,37)38/h1-7H,39-40H2. The Morgan fingerprint density at radius 3 is 0.929 bits per heavy atom. The normalized spacial score (nSPS) is 13.3. The van der Waals surface area contributed by atoms with Crippen LogP contribution in [0.4, 0.5) is 77.2 Å². The molecule has 230 valence electrons. The predicted molar refractivity (Wildman–Crippen MR) is 113 cm³/mol. The Kier molecular flexibility index (Phi) is 7.90. The fourth-order valence-electron chi connectivity index (χ4n) is 3.48. The molecule has 0 radical (unpaired) electrons. The molecule has 0 unspecified atom stereocenters. The molecule has 4 N–H and O–H groups in total. The van der Waals surface area contributed by atoms with Gasteiger partial charge in [-0.2, -0.15) is 65.9 Å². The minimum absolute atomic E-state index is 0.0609. The maximum Gasteiger partial charge on any atom is 0.421 e. The molecular weight excluding hydrogens is 621 g/mol. The molecular formula is C23H11F15N2O2. The summed E-state index contributed by atoms with van der Waals surface area (Å²) in [6.45, 7) is 0. The minimum atomic E-state index is -5.53. The largest absolute Gasteiger partial charge is 0.456 e. The van der Waals surface area contributed by atoms with Crippen LogP contribution in [0.25, 0.3) is 0 Å². The van der Waals surface area contributed by atoms with Crippen LogP contribution in [0.3, 0.4) is 0 Å². The summed E-state index contributed by atoms with van der Waals surface area (Å²) in [5, 5.41) is 0. The Labute approximate surface area is 223 Å². The first-order chi connectivity index (χ1) is 18.8. The number of rotatable bonds is 4. The van der Waals surface area contributed by atoms with Crippen molar-refractivity contribution in [2.24, 2.45) is 0 Å². The first-order valence-corrected chi connectivity index (χ1v) is 10.5. The quantitative estimate of drug-likeness (QED) is 0.222. The van der Waals surface area contributed by atoms with Crippen LogP contribution in [-0.4, -0.2) is 0 Å². The van der Waals surface area contributed by atoms with Crippen molar-refractivity contribution in [2.75, 3.05) is 11.5 Å². The van der Waals surface area contributed by atoms with Crippen LogP contribution >= 0.6 is 0 Å². The second kappa shape index (κ2) is 10.3. The third-order valence-electron chi connectivity index (χ3n) is 5.15. The number of ether oxygens (including phenoxy) is 2. The molecule has 0 saturated carbocycles. The lowest BCUT2D eigenvalue weighted by atomic mass is 10.1. The summed E-state index contributed by atoms with van der Waals surface area (Å²) < 4.78 is 210. The van der Waals surface area contributed by atoms with Crippen molar-refractivity contribution >= 4 is 11.4 Å². The number of alkyl halides is 15. The van der Waals surface area contributed by atoms with Crippen LogP contribution in [0.5, 0.6) is 23.0 Å². The number of nitrogen functional groups attached to an aromatic ring is 2. The zero-order valence-corrected chi connectivity index (χ0v) is 19.7. The van der Waals surface area contributed by atoms with Gasteiger partial charge in [0.25, 0.3) is 0 Å². The van der Waals surface area contributed by atoms with Crippen LogP contribution in [0, 0.1) is 0 Å². The summed E-state index contributed by atoms with van der Waals surface area (Å²) >= 11 is 0.